The summed E-state index contributed by atoms with van der Waals surface area (Å²) in [6, 6.07) is 22.5. The zero-order valence-corrected chi connectivity index (χ0v) is 17.2. The van der Waals surface area contributed by atoms with Crippen molar-refractivity contribution >= 4 is 38.6 Å². The normalized spacial score (nSPS) is 15.6. The highest BCUT2D eigenvalue weighted by Gasteiger charge is 2.26. The van der Waals surface area contributed by atoms with Gasteiger partial charge in [0.15, 0.2) is 0 Å². The second kappa shape index (κ2) is 7.57. The molecule has 0 amide bonds. The monoisotopic (exact) mass is 467 g/mol. The highest BCUT2D eigenvalue weighted by atomic mass is 79.9. The predicted molar refractivity (Wildman–Crippen MR) is 117 cm³/mol. The van der Waals surface area contributed by atoms with Crippen molar-refractivity contribution in [1.29, 1.82) is 0 Å². The molecule has 0 spiro atoms. The SMILES string of the molecule is FC(F)Oc1ccccc1C1=CC(c2ccc(Br)cc2)n2c(nc3ccccc32)N1. The molecule has 7 heteroatoms. The Morgan fingerprint density at radius 2 is 1.70 bits per heavy atom. The summed E-state index contributed by atoms with van der Waals surface area (Å²) in [6.45, 7) is -2.90. The van der Waals surface area contributed by atoms with Crippen LogP contribution in [-0.4, -0.2) is 16.2 Å². The van der Waals surface area contributed by atoms with E-state index in [-0.39, 0.29) is 11.8 Å². The largest absolute Gasteiger partial charge is 0.434 e. The van der Waals surface area contributed by atoms with Gasteiger partial charge in [0.05, 0.1) is 22.8 Å². The summed E-state index contributed by atoms with van der Waals surface area (Å²) in [5.41, 5.74) is 4.11. The lowest BCUT2D eigenvalue weighted by atomic mass is 10.0. The van der Waals surface area contributed by atoms with Gasteiger partial charge in [-0.2, -0.15) is 8.78 Å². The maximum Gasteiger partial charge on any atom is 0.387 e. The molecule has 4 nitrogen and oxygen atoms in total. The molecule has 0 radical (unpaired) electrons. The molecule has 1 N–H and O–H groups in total. The van der Waals surface area contributed by atoms with E-state index in [1.807, 2.05) is 54.6 Å². The van der Waals surface area contributed by atoms with Crippen molar-refractivity contribution < 1.29 is 13.5 Å². The Kier molecular flexibility index (Phi) is 4.75. The molecule has 2 heterocycles. The quantitative estimate of drug-likeness (QED) is 0.374. The highest BCUT2D eigenvalue weighted by Crippen LogP contribution is 2.39. The van der Waals surface area contributed by atoms with Gasteiger partial charge in [0.2, 0.25) is 5.95 Å². The summed E-state index contributed by atoms with van der Waals surface area (Å²) >= 11 is 3.48. The number of rotatable bonds is 4. The minimum atomic E-state index is -2.90. The van der Waals surface area contributed by atoms with Gasteiger partial charge in [0.25, 0.3) is 0 Å². The van der Waals surface area contributed by atoms with Crippen LogP contribution in [0.25, 0.3) is 16.7 Å². The first-order valence-corrected chi connectivity index (χ1v) is 10.1. The topological polar surface area (TPSA) is 39.1 Å². The van der Waals surface area contributed by atoms with Crippen LogP contribution in [0, 0.1) is 0 Å². The number of alkyl halides is 2. The molecule has 5 rings (SSSR count). The lowest BCUT2D eigenvalue weighted by Crippen LogP contribution is -2.19. The van der Waals surface area contributed by atoms with Gasteiger partial charge in [-0.3, -0.25) is 4.57 Å². The van der Waals surface area contributed by atoms with Gasteiger partial charge in [-0.15, -0.1) is 0 Å². The van der Waals surface area contributed by atoms with Gasteiger partial charge in [-0.1, -0.05) is 52.3 Å². The van der Waals surface area contributed by atoms with Gasteiger partial charge in [-0.25, -0.2) is 4.98 Å². The van der Waals surface area contributed by atoms with Crippen molar-refractivity contribution in [2.24, 2.45) is 0 Å². The van der Waals surface area contributed by atoms with E-state index in [0.717, 1.165) is 21.1 Å². The minimum Gasteiger partial charge on any atom is -0.434 e. The van der Waals surface area contributed by atoms with Crippen LogP contribution in [0.4, 0.5) is 14.7 Å². The molecule has 1 atom stereocenters. The second-order valence-electron chi connectivity index (χ2n) is 6.87. The lowest BCUT2D eigenvalue weighted by molar-refractivity contribution is -0.0500. The molecule has 4 aromatic rings. The molecule has 1 aliphatic rings. The Balaban J connectivity index is 1.69. The third-order valence-electron chi connectivity index (χ3n) is 5.05. The molecular weight excluding hydrogens is 452 g/mol. The van der Waals surface area contributed by atoms with E-state index >= 15 is 0 Å². The minimum absolute atomic E-state index is 0.116. The molecule has 30 heavy (non-hydrogen) atoms. The summed E-state index contributed by atoms with van der Waals surface area (Å²) in [4.78, 5) is 4.73. The molecule has 0 aliphatic carbocycles. The van der Waals surface area contributed by atoms with Crippen LogP contribution < -0.4 is 10.1 Å². The summed E-state index contributed by atoms with van der Waals surface area (Å²) < 4.78 is 33.7. The molecule has 1 unspecified atom stereocenters. The van der Waals surface area contributed by atoms with Crippen molar-refractivity contribution in [1.82, 2.24) is 9.55 Å². The van der Waals surface area contributed by atoms with E-state index in [0.29, 0.717) is 17.2 Å². The van der Waals surface area contributed by atoms with Crippen molar-refractivity contribution in [2.45, 2.75) is 12.7 Å². The highest BCUT2D eigenvalue weighted by molar-refractivity contribution is 9.10. The average molecular weight is 468 g/mol. The van der Waals surface area contributed by atoms with E-state index < -0.39 is 6.61 Å². The smallest absolute Gasteiger partial charge is 0.387 e. The first-order valence-electron chi connectivity index (χ1n) is 9.35. The van der Waals surface area contributed by atoms with Crippen molar-refractivity contribution in [3.05, 3.63) is 94.5 Å². The van der Waals surface area contributed by atoms with E-state index in [1.165, 1.54) is 6.07 Å². The number of hydrogen-bond acceptors (Lipinski definition) is 3. The van der Waals surface area contributed by atoms with E-state index in [4.69, 9.17) is 9.72 Å². The van der Waals surface area contributed by atoms with Gasteiger partial charge in [0, 0.05) is 10.0 Å². The number of benzene rings is 3. The number of nitrogens with zero attached hydrogens (tertiary/aromatic N) is 2. The number of hydrogen-bond donors (Lipinski definition) is 1. The van der Waals surface area contributed by atoms with Crippen LogP contribution in [-0.2, 0) is 0 Å². The summed E-state index contributed by atoms with van der Waals surface area (Å²) in [6.07, 6.45) is 2.01. The van der Waals surface area contributed by atoms with E-state index in [2.05, 4.69) is 25.8 Å². The Bertz CT molecular complexity index is 1250. The zero-order chi connectivity index (χ0) is 20.7. The number of aromatic nitrogens is 2. The van der Waals surface area contributed by atoms with Crippen LogP contribution >= 0.6 is 15.9 Å². The number of imidazole rings is 1. The third kappa shape index (κ3) is 3.35. The molecular formula is C23H16BrF2N3O. The van der Waals surface area contributed by atoms with Gasteiger partial charge < -0.3 is 10.1 Å². The maximum absolute atomic E-state index is 12.9. The van der Waals surface area contributed by atoms with Crippen molar-refractivity contribution in [3.8, 4) is 5.75 Å². The van der Waals surface area contributed by atoms with Gasteiger partial charge in [0.1, 0.15) is 5.75 Å². The Labute approximate surface area is 179 Å². The molecule has 1 aliphatic heterocycles. The Morgan fingerprint density at radius 1 is 0.967 bits per heavy atom. The molecule has 0 saturated carbocycles. The molecule has 0 fully saturated rings. The van der Waals surface area contributed by atoms with Crippen molar-refractivity contribution in [2.75, 3.05) is 5.32 Å². The van der Waals surface area contributed by atoms with Crippen LogP contribution in [0.1, 0.15) is 17.2 Å². The summed E-state index contributed by atoms with van der Waals surface area (Å²) in [7, 11) is 0. The van der Waals surface area contributed by atoms with E-state index in [1.54, 1.807) is 18.2 Å². The Morgan fingerprint density at radius 3 is 2.50 bits per heavy atom. The van der Waals surface area contributed by atoms with E-state index in [9.17, 15) is 8.78 Å². The molecule has 3 aromatic carbocycles. The number of allylic oxidation sites excluding steroid dienone is 1. The summed E-state index contributed by atoms with van der Waals surface area (Å²) in [5, 5.41) is 3.31. The molecule has 0 saturated heterocycles. The fourth-order valence-corrected chi connectivity index (χ4v) is 4.02. The van der Waals surface area contributed by atoms with Crippen LogP contribution in [0.3, 0.4) is 0 Å². The number of halogens is 3. The van der Waals surface area contributed by atoms with Crippen molar-refractivity contribution in [3.63, 3.8) is 0 Å². The fourth-order valence-electron chi connectivity index (χ4n) is 3.76. The number of nitrogens with one attached hydrogen (secondary N) is 1. The summed E-state index contributed by atoms with van der Waals surface area (Å²) in [5.74, 6) is 0.763. The van der Waals surface area contributed by atoms with Crippen LogP contribution in [0.2, 0.25) is 0 Å². The predicted octanol–water partition coefficient (Wildman–Crippen LogP) is 6.46. The molecule has 1 aromatic heterocycles. The molecule has 0 bridgehead atoms. The van der Waals surface area contributed by atoms with Gasteiger partial charge >= 0.3 is 6.61 Å². The molecule has 150 valence electrons. The number of ether oxygens (including phenoxy) is 1. The fraction of sp³-hybridized carbons (Fsp3) is 0.0870. The standard InChI is InChI=1S/C23H16BrF2N3O/c24-15-11-9-14(10-12-15)20-13-18(16-5-1-4-8-21(16)30-22(25)26)28-23-27-17-6-2-3-7-19(17)29(20)23/h1-13,20,22H,(H,27,28). The van der Waals surface area contributed by atoms with Crippen LogP contribution in [0.5, 0.6) is 5.75 Å². The third-order valence-corrected chi connectivity index (χ3v) is 5.58. The maximum atomic E-state index is 12.9. The number of para-hydroxylation sites is 3. The first-order chi connectivity index (χ1) is 14.6. The lowest BCUT2D eigenvalue weighted by Gasteiger charge is -2.27. The zero-order valence-electron chi connectivity index (χ0n) is 15.6. The Hall–Kier alpha value is -3.19. The van der Waals surface area contributed by atoms with Crippen LogP contribution in [0.15, 0.2) is 83.3 Å². The first kappa shape index (κ1) is 18.8. The number of anilines is 1. The van der Waals surface area contributed by atoms with Gasteiger partial charge in [-0.05, 0) is 48.0 Å². The number of fused-ring (bicyclic) bond motifs is 3. The second-order valence-corrected chi connectivity index (χ2v) is 7.79. The average Bonchev–Trinajstić information content (AvgIpc) is 3.12.